The van der Waals surface area contributed by atoms with Crippen LogP contribution in [0.1, 0.15) is 89.9 Å². The number of rotatable bonds is 8. The van der Waals surface area contributed by atoms with Gasteiger partial charge >= 0.3 is 5.97 Å². The molecule has 184 valence electrons. The molecule has 0 spiro atoms. The summed E-state index contributed by atoms with van der Waals surface area (Å²) in [5.74, 6) is 0.0207. The summed E-state index contributed by atoms with van der Waals surface area (Å²) in [5, 5.41) is 14.9. The molecule has 1 aromatic carbocycles. The van der Waals surface area contributed by atoms with Crippen molar-refractivity contribution in [2.45, 2.75) is 93.9 Å². The Morgan fingerprint density at radius 2 is 1.68 bits per heavy atom. The standard InChI is InChI=1S/C28H39N3O3/c1-11-28(9,10)26(32)34-20(5)33-25(24-18(3)19(4)30-31(24)12-2)23(17-29)21-13-15-22(16-14-21)27(6,7)8/h13-16,20H,11-12H2,1-10H3/b25-23-. The monoisotopic (exact) mass is 465 g/mol. The summed E-state index contributed by atoms with van der Waals surface area (Å²) in [6.07, 6.45) is -0.239. The molecule has 0 radical (unpaired) electrons. The molecule has 6 heteroatoms. The van der Waals surface area contributed by atoms with Crippen molar-refractivity contribution >= 4 is 17.3 Å². The van der Waals surface area contributed by atoms with Crippen LogP contribution in [0.2, 0.25) is 0 Å². The molecule has 6 nitrogen and oxygen atoms in total. The summed E-state index contributed by atoms with van der Waals surface area (Å²) >= 11 is 0. The number of carbonyl (C=O) groups is 1. The van der Waals surface area contributed by atoms with Gasteiger partial charge in [0.25, 0.3) is 0 Å². The largest absolute Gasteiger partial charge is 0.451 e. The van der Waals surface area contributed by atoms with Gasteiger partial charge in [0, 0.05) is 19.0 Å². The Hall–Kier alpha value is -3.07. The Bertz CT molecular complexity index is 1090. The number of esters is 1. The SMILES string of the molecule is CCn1nc(C)c(C)c1/C(OC(C)OC(=O)C(C)(C)CC)=C(\C#N)c1ccc(C(C)(C)C)cc1. The van der Waals surface area contributed by atoms with Crippen molar-refractivity contribution in [3.63, 3.8) is 0 Å². The molecule has 1 heterocycles. The highest BCUT2D eigenvalue weighted by Crippen LogP contribution is 2.33. The van der Waals surface area contributed by atoms with Gasteiger partial charge in [-0.05, 0) is 57.6 Å². The van der Waals surface area contributed by atoms with Gasteiger partial charge in [0.2, 0.25) is 6.29 Å². The number of aryl methyl sites for hydroxylation is 2. The first-order valence-corrected chi connectivity index (χ1v) is 11.9. The Morgan fingerprint density at radius 1 is 1.09 bits per heavy atom. The Labute approximate surface area is 204 Å². The average Bonchev–Trinajstić information content (AvgIpc) is 3.06. The lowest BCUT2D eigenvalue weighted by Crippen LogP contribution is -2.30. The molecule has 0 saturated carbocycles. The van der Waals surface area contributed by atoms with Crippen LogP contribution in [0, 0.1) is 30.6 Å². The second kappa shape index (κ2) is 10.5. The number of aromatic nitrogens is 2. The summed E-state index contributed by atoms with van der Waals surface area (Å²) in [6, 6.07) is 10.3. The van der Waals surface area contributed by atoms with Gasteiger partial charge in [-0.25, -0.2) is 0 Å². The molecular formula is C28H39N3O3. The topological polar surface area (TPSA) is 77.1 Å². The Kier molecular flexibility index (Phi) is 8.36. The maximum atomic E-state index is 12.7. The van der Waals surface area contributed by atoms with Gasteiger partial charge in [-0.3, -0.25) is 9.48 Å². The van der Waals surface area contributed by atoms with Crippen molar-refractivity contribution in [2.75, 3.05) is 0 Å². The van der Waals surface area contributed by atoms with Gasteiger partial charge in [-0.1, -0.05) is 52.0 Å². The molecule has 0 aliphatic rings. The minimum Gasteiger partial charge on any atom is -0.451 e. The van der Waals surface area contributed by atoms with Crippen molar-refractivity contribution in [2.24, 2.45) is 5.41 Å². The van der Waals surface area contributed by atoms with E-state index in [1.54, 1.807) is 6.92 Å². The van der Waals surface area contributed by atoms with Gasteiger partial charge in [-0.15, -0.1) is 0 Å². The molecule has 34 heavy (non-hydrogen) atoms. The minimum atomic E-state index is -0.884. The fraction of sp³-hybridized carbons (Fsp3) is 0.536. The van der Waals surface area contributed by atoms with Crippen LogP contribution in [0.25, 0.3) is 11.3 Å². The van der Waals surface area contributed by atoms with E-state index in [0.29, 0.717) is 30.0 Å². The van der Waals surface area contributed by atoms with E-state index in [4.69, 9.17) is 9.47 Å². The van der Waals surface area contributed by atoms with Crippen molar-refractivity contribution < 1.29 is 14.3 Å². The normalized spacial score (nSPS) is 13.7. The first-order chi connectivity index (χ1) is 15.8. The second-order valence-electron chi connectivity index (χ2n) is 10.3. The zero-order chi connectivity index (χ0) is 25.8. The predicted octanol–water partition coefficient (Wildman–Crippen LogP) is 6.55. The zero-order valence-electron chi connectivity index (χ0n) is 22.4. The van der Waals surface area contributed by atoms with Gasteiger partial charge in [0.1, 0.15) is 17.3 Å². The van der Waals surface area contributed by atoms with Crippen LogP contribution in [0.3, 0.4) is 0 Å². The average molecular weight is 466 g/mol. The van der Waals surface area contributed by atoms with Crippen LogP contribution >= 0.6 is 0 Å². The molecule has 0 aliphatic carbocycles. The number of ether oxygens (including phenoxy) is 2. The van der Waals surface area contributed by atoms with Gasteiger partial charge in [0.15, 0.2) is 5.76 Å². The molecule has 0 N–H and O–H groups in total. The van der Waals surface area contributed by atoms with Crippen molar-refractivity contribution in [3.8, 4) is 6.07 Å². The number of hydrogen-bond acceptors (Lipinski definition) is 5. The summed E-state index contributed by atoms with van der Waals surface area (Å²) in [5.41, 5.74) is 4.14. The third kappa shape index (κ3) is 5.88. The lowest BCUT2D eigenvalue weighted by molar-refractivity contribution is -0.174. The highest BCUT2D eigenvalue weighted by molar-refractivity contribution is 5.94. The van der Waals surface area contributed by atoms with E-state index < -0.39 is 11.7 Å². The molecular weight excluding hydrogens is 426 g/mol. The highest BCUT2D eigenvalue weighted by atomic mass is 16.7. The molecule has 1 atom stereocenters. The van der Waals surface area contributed by atoms with Crippen LogP contribution in [-0.4, -0.2) is 22.0 Å². The molecule has 0 amide bonds. The van der Waals surface area contributed by atoms with Crippen LogP contribution in [0.4, 0.5) is 0 Å². The van der Waals surface area contributed by atoms with E-state index >= 15 is 0 Å². The molecule has 2 aromatic rings. The fourth-order valence-electron chi connectivity index (χ4n) is 3.45. The summed E-state index contributed by atoms with van der Waals surface area (Å²) in [4.78, 5) is 12.7. The third-order valence-corrected chi connectivity index (χ3v) is 6.31. The maximum Gasteiger partial charge on any atom is 0.314 e. The van der Waals surface area contributed by atoms with E-state index in [0.717, 1.165) is 16.8 Å². The van der Waals surface area contributed by atoms with E-state index in [1.807, 2.05) is 70.5 Å². The van der Waals surface area contributed by atoms with Crippen LogP contribution in [0.15, 0.2) is 24.3 Å². The Morgan fingerprint density at radius 3 is 2.15 bits per heavy atom. The number of allylic oxidation sites excluding steroid dienone is 1. The van der Waals surface area contributed by atoms with Gasteiger partial charge in [0.05, 0.1) is 11.1 Å². The smallest absolute Gasteiger partial charge is 0.314 e. The van der Waals surface area contributed by atoms with Crippen molar-refractivity contribution in [1.29, 1.82) is 5.26 Å². The number of carbonyl (C=O) groups excluding carboxylic acids is 1. The first kappa shape index (κ1) is 27.2. The van der Waals surface area contributed by atoms with Crippen LogP contribution < -0.4 is 0 Å². The lowest BCUT2D eigenvalue weighted by Gasteiger charge is -2.25. The second-order valence-corrected chi connectivity index (χ2v) is 10.3. The molecule has 1 unspecified atom stereocenters. The highest BCUT2D eigenvalue weighted by Gasteiger charge is 2.30. The molecule has 1 aromatic heterocycles. The number of nitriles is 1. The molecule has 0 bridgehead atoms. The van der Waals surface area contributed by atoms with Crippen molar-refractivity contribution in [3.05, 3.63) is 52.3 Å². The van der Waals surface area contributed by atoms with Gasteiger partial charge < -0.3 is 9.47 Å². The third-order valence-electron chi connectivity index (χ3n) is 6.31. The van der Waals surface area contributed by atoms with E-state index in [-0.39, 0.29) is 11.4 Å². The number of benzene rings is 1. The summed E-state index contributed by atoms with van der Waals surface area (Å²) in [7, 11) is 0. The summed E-state index contributed by atoms with van der Waals surface area (Å²) in [6.45, 7) is 20.2. The van der Waals surface area contributed by atoms with Crippen LogP contribution in [0.5, 0.6) is 0 Å². The van der Waals surface area contributed by atoms with Crippen LogP contribution in [-0.2, 0) is 26.2 Å². The van der Waals surface area contributed by atoms with E-state index in [2.05, 4.69) is 31.9 Å². The van der Waals surface area contributed by atoms with E-state index in [9.17, 15) is 10.1 Å². The maximum absolute atomic E-state index is 12.7. The minimum absolute atomic E-state index is 0.00227. The number of hydrogen-bond donors (Lipinski definition) is 0. The molecule has 0 fully saturated rings. The van der Waals surface area contributed by atoms with E-state index in [1.165, 1.54) is 5.56 Å². The molecule has 2 rings (SSSR count). The number of nitrogens with zero attached hydrogens (tertiary/aromatic N) is 3. The quantitative estimate of drug-likeness (QED) is 0.191. The zero-order valence-corrected chi connectivity index (χ0v) is 22.4. The fourth-order valence-corrected chi connectivity index (χ4v) is 3.45. The Balaban J connectivity index is 2.64. The summed E-state index contributed by atoms with van der Waals surface area (Å²) < 4.78 is 13.7. The molecule has 0 saturated heterocycles. The predicted molar refractivity (Wildman–Crippen MR) is 136 cm³/mol. The first-order valence-electron chi connectivity index (χ1n) is 11.9. The van der Waals surface area contributed by atoms with Crippen molar-refractivity contribution in [1.82, 2.24) is 9.78 Å². The molecule has 0 aliphatic heterocycles. The van der Waals surface area contributed by atoms with Gasteiger partial charge in [-0.2, -0.15) is 10.4 Å². The lowest BCUT2D eigenvalue weighted by atomic mass is 9.86.